The first kappa shape index (κ1) is 25.1. The molecule has 0 aromatic heterocycles. The van der Waals surface area contributed by atoms with E-state index in [2.05, 4.69) is 10.6 Å². The number of amides is 1. The van der Waals surface area contributed by atoms with Gasteiger partial charge in [0.25, 0.3) is 0 Å². The largest absolute Gasteiger partial charge is 0.394 e. The van der Waals surface area contributed by atoms with Crippen molar-refractivity contribution >= 4 is 11.7 Å². The van der Waals surface area contributed by atoms with E-state index in [1.165, 1.54) is 6.92 Å². The van der Waals surface area contributed by atoms with E-state index in [0.29, 0.717) is 6.42 Å². The fourth-order valence-electron chi connectivity index (χ4n) is 1.82. The Balaban J connectivity index is 0. The SMILES string of the molecule is CC.CNC(CCC(=O)NCC(O)C(O)C(O)C(O)CO)C(C)=O. The van der Waals surface area contributed by atoms with Gasteiger partial charge in [0.1, 0.15) is 24.1 Å². The fraction of sp³-hybridized carbons (Fsp3) is 0.867. The molecule has 0 heterocycles. The van der Waals surface area contributed by atoms with E-state index in [9.17, 15) is 24.9 Å². The quantitative estimate of drug-likeness (QED) is 0.215. The molecule has 9 heteroatoms. The molecule has 144 valence electrons. The molecule has 0 fully saturated rings. The minimum absolute atomic E-state index is 0.0513. The van der Waals surface area contributed by atoms with Gasteiger partial charge in [0.05, 0.1) is 18.8 Å². The third-order valence-corrected chi connectivity index (χ3v) is 3.33. The first-order chi connectivity index (χ1) is 11.2. The van der Waals surface area contributed by atoms with Gasteiger partial charge in [-0.1, -0.05) is 13.8 Å². The molecule has 0 aromatic rings. The summed E-state index contributed by atoms with van der Waals surface area (Å²) in [4.78, 5) is 22.7. The van der Waals surface area contributed by atoms with Gasteiger partial charge >= 0.3 is 0 Å². The van der Waals surface area contributed by atoms with Gasteiger partial charge in [0.2, 0.25) is 5.91 Å². The van der Waals surface area contributed by atoms with Gasteiger partial charge in [-0.25, -0.2) is 0 Å². The maximum Gasteiger partial charge on any atom is 0.220 e. The van der Waals surface area contributed by atoms with E-state index < -0.39 is 43.0 Å². The van der Waals surface area contributed by atoms with Crippen LogP contribution in [-0.4, -0.2) is 87.9 Å². The second-order valence-corrected chi connectivity index (χ2v) is 5.09. The fourth-order valence-corrected chi connectivity index (χ4v) is 1.82. The summed E-state index contributed by atoms with van der Waals surface area (Å²) in [6.45, 7) is 4.31. The van der Waals surface area contributed by atoms with Crippen LogP contribution < -0.4 is 10.6 Å². The lowest BCUT2D eigenvalue weighted by atomic mass is 10.0. The van der Waals surface area contributed by atoms with Gasteiger partial charge in [0, 0.05) is 13.0 Å². The molecule has 0 saturated carbocycles. The summed E-state index contributed by atoms with van der Waals surface area (Å²) in [6.07, 6.45) is -6.20. The van der Waals surface area contributed by atoms with Crippen molar-refractivity contribution in [2.24, 2.45) is 0 Å². The molecule has 0 saturated heterocycles. The number of aliphatic hydroxyl groups is 5. The molecular formula is C15H32N2O7. The number of rotatable bonds is 11. The highest BCUT2D eigenvalue weighted by Crippen LogP contribution is 2.05. The van der Waals surface area contributed by atoms with Crippen molar-refractivity contribution in [3.8, 4) is 0 Å². The number of carbonyl (C=O) groups is 2. The summed E-state index contributed by atoms with van der Waals surface area (Å²) >= 11 is 0. The highest BCUT2D eigenvalue weighted by Gasteiger charge is 2.30. The van der Waals surface area contributed by atoms with Gasteiger partial charge < -0.3 is 36.2 Å². The molecule has 7 N–H and O–H groups in total. The number of nitrogens with one attached hydrogen (secondary N) is 2. The molecule has 24 heavy (non-hydrogen) atoms. The van der Waals surface area contributed by atoms with Gasteiger partial charge in [-0.2, -0.15) is 0 Å². The van der Waals surface area contributed by atoms with Gasteiger partial charge in [-0.15, -0.1) is 0 Å². The molecule has 5 atom stereocenters. The highest BCUT2D eigenvalue weighted by atomic mass is 16.4. The van der Waals surface area contributed by atoms with Gasteiger partial charge in [-0.3, -0.25) is 9.59 Å². The standard InChI is InChI=1S/C13H26N2O7.C2H6/c1-7(17)8(14-2)3-4-11(20)15-5-9(18)12(21)13(22)10(19)6-16;1-2/h8-10,12-14,16,18-19,21-22H,3-6H2,1-2H3,(H,15,20);1-2H3. The third-order valence-electron chi connectivity index (χ3n) is 3.33. The van der Waals surface area contributed by atoms with Crippen LogP contribution in [0.2, 0.25) is 0 Å². The van der Waals surface area contributed by atoms with E-state index in [1.807, 2.05) is 13.8 Å². The third kappa shape index (κ3) is 9.91. The summed E-state index contributed by atoms with van der Waals surface area (Å²) in [5.41, 5.74) is 0. The zero-order valence-electron chi connectivity index (χ0n) is 14.8. The van der Waals surface area contributed by atoms with Crippen LogP contribution in [0.1, 0.15) is 33.6 Å². The van der Waals surface area contributed by atoms with Crippen LogP contribution in [0.3, 0.4) is 0 Å². The van der Waals surface area contributed by atoms with Crippen molar-refractivity contribution in [2.75, 3.05) is 20.2 Å². The zero-order chi connectivity index (χ0) is 19.3. The predicted molar refractivity (Wildman–Crippen MR) is 88.2 cm³/mol. The summed E-state index contributed by atoms with van der Waals surface area (Å²) in [5.74, 6) is -0.517. The van der Waals surface area contributed by atoms with E-state index in [-0.39, 0.29) is 18.7 Å². The smallest absolute Gasteiger partial charge is 0.220 e. The first-order valence-corrected chi connectivity index (χ1v) is 8.02. The lowest BCUT2D eigenvalue weighted by Crippen LogP contribution is -2.49. The van der Waals surface area contributed by atoms with Crippen LogP contribution in [0.15, 0.2) is 0 Å². The van der Waals surface area contributed by atoms with Crippen LogP contribution in [0.4, 0.5) is 0 Å². The Morgan fingerprint density at radius 3 is 1.92 bits per heavy atom. The maximum absolute atomic E-state index is 11.6. The van der Waals surface area contributed by atoms with Crippen molar-refractivity contribution in [1.29, 1.82) is 0 Å². The summed E-state index contributed by atoms with van der Waals surface area (Å²) < 4.78 is 0. The van der Waals surface area contributed by atoms with Crippen LogP contribution in [-0.2, 0) is 9.59 Å². The zero-order valence-corrected chi connectivity index (χ0v) is 14.8. The lowest BCUT2D eigenvalue weighted by molar-refractivity contribution is -0.126. The molecule has 0 bridgehead atoms. The number of hydrogen-bond donors (Lipinski definition) is 7. The molecule has 0 radical (unpaired) electrons. The average molecular weight is 352 g/mol. The molecule has 5 unspecified atom stereocenters. The Hall–Kier alpha value is -1.10. The highest BCUT2D eigenvalue weighted by molar-refractivity contribution is 5.82. The van der Waals surface area contributed by atoms with E-state index in [0.717, 1.165) is 0 Å². The van der Waals surface area contributed by atoms with E-state index in [4.69, 9.17) is 10.2 Å². The molecule has 0 spiro atoms. The van der Waals surface area contributed by atoms with Crippen LogP contribution in [0, 0.1) is 0 Å². The minimum atomic E-state index is -1.73. The Morgan fingerprint density at radius 2 is 1.50 bits per heavy atom. The number of Topliss-reactive ketones (excluding diaryl/α,β-unsaturated/α-hetero) is 1. The molecule has 0 rings (SSSR count). The molecule has 0 aliphatic rings. The van der Waals surface area contributed by atoms with Crippen molar-refractivity contribution < 1.29 is 35.1 Å². The van der Waals surface area contributed by atoms with Gasteiger partial charge in [0.15, 0.2) is 0 Å². The number of hydrogen-bond acceptors (Lipinski definition) is 8. The van der Waals surface area contributed by atoms with Crippen LogP contribution in [0.5, 0.6) is 0 Å². The molecule has 0 aromatic carbocycles. The second kappa shape index (κ2) is 14.3. The van der Waals surface area contributed by atoms with Crippen LogP contribution >= 0.6 is 0 Å². The van der Waals surface area contributed by atoms with Gasteiger partial charge in [-0.05, 0) is 20.4 Å². The Kier molecular flexibility index (Phi) is 14.9. The number of aliphatic hydroxyl groups excluding tert-OH is 5. The van der Waals surface area contributed by atoms with Crippen LogP contribution in [0.25, 0.3) is 0 Å². The van der Waals surface area contributed by atoms with E-state index in [1.54, 1.807) is 7.05 Å². The van der Waals surface area contributed by atoms with E-state index >= 15 is 0 Å². The number of likely N-dealkylation sites (N-methyl/N-ethyl adjacent to an activating group) is 1. The monoisotopic (exact) mass is 352 g/mol. The Morgan fingerprint density at radius 1 is 1.00 bits per heavy atom. The van der Waals surface area contributed by atoms with Crippen molar-refractivity contribution in [3.63, 3.8) is 0 Å². The molecular weight excluding hydrogens is 320 g/mol. The Labute approximate surface area is 142 Å². The molecule has 0 aliphatic heterocycles. The van der Waals surface area contributed by atoms with Crippen molar-refractivity contribution in [3.05, 3.63) is 0 Å². The first-order valence-electron chi connectivity index (χ1n) is 8.02. The average Bonchev–Trinajstić information content (AvgIpc) is 2.59. The Bertz CT molecular complexity index is 355. The number of carbonyl (C=O) groups excluding carboxylic acids is 2. The molecule has 1 amide bonds. The van der Waals surface area contributed by atoms with Crippen molar-refractivity contribution in [1.82, 2.24) is 10.6 Å². The minimum Gasteiger partial charge on any atom is -0.394 e. The summed E-state index contributed by atoms with van der Waals surface area (Å²) in [7, 11) is 1.61. The maximum atomic E-state index is 11.6. The lowest BCUT2D eigenvalue weighted by Gasteiger charge is -2.25. The predicted octanol–water partition coefficient (Wildman–Crippen LogP) is -2.48. The normalized spacial score (nSPS) is 16.9. The second-order valence-electron chi connectivity index (χ2n) is 5.09. The number of ketones is 1. The summed E-state index contributed by atoms with van der Waals surface area (Å²) in [5, 5.41) is 51.5. The topological polar surface area (TPSA) is 159 Å². The molecule has 0 aliphatic carbocycles. The molecule has 9 nitrogen and oxygen atoms in total. The van der Waals surface area contributed by atoms with Crippen molar-refractivity contribution in [2.45, 2.75) is 64.1 Å². The summed E-state index contributed by atoms with van der Waals surface area (Å²) in [6, 6.07) is -0.428.